The number of halogens is 2. The minimum Gasteiger partial charge on any atom is -0.340 e. The van der Waals surface area contributed by atoms with Crippen molar-refractivity contribution < 1.29 is 13.6 Å². The zero-order chi connectivity index (χ0) is 18.5. The van der Waals surface area contributed by atoms with Crippen molar-refractivity contribution in [2.24, 2.45) is 0 Å². The second-order valence-electron chi connectivity index (χ2n) is 5.62. The Kier molecular flexibility index (Phi) is 5.22. The molecule has 1 aromatic heterocycles. The Labute approximate surface area is 149 Å². The first-order chi connectivity index (χ1) is 12.6. The van der Waals surface area contributed by atoms with Crippen LogP contribution in [0.5, 0.6) is 0 Å². The van der Waals surface area contributed by atoms with Gasteiger partial charge in [0.05, 0.1) is 5.56 Å². The molecule has 26 heavy (non-hydrogen) atoms. The summed E-state index contributed by atoms with van der Waals surface area (Å²) in [5.41, 5.74) is 1.80. The van der Waals surface area contributed by atoms with Crippen molar-refractivity contribution in [3.63, 3.8) is 0 Å². The van der Waals surface area contributed by atoms with Crippen molar-refractivity contribution in [3.05, 3.63) is 83.6 Å². The van der Waals surface area contributed by atoms with E-state index in [2.05, 4.69) is 22.5 Å². The van der Waals surface area contributed by atoms with Crippen molar-refractivity contribution in [3.8, 4) is 0 Å². The van der Waals surface area contributed by atoms with Crippen LogP contribution in [-0.4, -0.2) is 10.9 Å². The van der Waals surface area contributed by atoms with Crippen LogP contribution in [0.4, 0.5) is 26.0 Å². The molecule has 132 valence electrons. The molecule has 0 fully saturated rings. The molecule has 3 aromatic rings. The summed E-state index contributed by atoms with van der Waals surface area (Å²) in [6.07, 6.45) is 2.23. The zero-order valence-corrected chi connectivity index (χ0v) is 14.1. The molecule has 0 aliphatic rings. The molecule has 0 saturated heterocycles. The predicted octanol–water partition coefficient (Wildman–Crippen LogP) is 4.92. The number of amides is 1. The predicted molar refractivity (Wildman–Crippen MR) is 97.7 cm³/mol. The Balaban J connectivity index is 1.74. The van der Waals surface area contributed by atoms with Crippen molar-refractivity contribution in [2.75, 3.05) is 10.6 Å². The average Bonchev–Trinajstić information content (AvgIpc) is 2.66. The second kappa shape index (κ2) is 7.74. The summed E-state index contributed by atoms with van der Waals surface area (Å²) in [6.45, 7) is 2.06. The standard InChI is InChI=1S/C20H17F2N3O/c1-2-13-6-3-4-9-17(13)24-18-11-10-14(12-23-18)20(26)25-19-15(21)7-5-8-16(19)22/h3-12H,2H2,1H3,(H,23,24)(H,25,26). The maximum Gasteiger partial charge on any atom is 0.257 e. The van der Waals surface area contributed by atoms with E-state index in [4.69, 9.17) is 0 Å². The van der Waals surface area contributed by atoms with Gasteiger partial charge in [0, 0.05) is 11.9 Å². The number of hydrogen-bond donors (Lipinski definition) is 2. The summed E-state index contributed by atoms with van der Waals surface area (Å²) in [5.74, 6) is -1.73. The van der Waals surface area contributed by atoms with Gasteiger partial charge in [0.25, 0.3) is 5.91 Å². The molecular formula is C20H17F2N3O. The van der Waals surface area contributed by atoms with Crippen LogP contribution < -0.4 is 10.6 Å². The third-order valence-electron chi connectivity index (χ3n) is 3.89. The molecule has 0 saturated carbocycles. The first-order valence-electron chi connectivity index (χ1n) is 8.15. The molecule has 0 spiro atoms. The van der Waals surface area contributed by atoms with Gasteiger partial charge in [0.15, 0.2) is 0 Å². The van der Waals surface area contributed by atoms with E-state index >= 15 is 0 Å². The molecule has 2 N–H and O–H groups in total. The number of carbonyl (C=O) groups is 1. The molecule has 0 aliphatic carbocycles. The highest BCUT2D eigenvalue weighted by atomic mass is 19.1. The quantitative estimate of drug-likeness (QED) is 0.685. The maximum atomic E-state index is 13.6. The number of rotatable bonds is 5. The highest BCUT2D eigenvalue weighted by Gasteiger charge is 2.13. The Morgan fingerprint density at radius 3 is 2.38 bits per heavy atom. The van der Waals surface area contributed by atoms with Gasteiger partial charge in [-0.3, -0.25) is 4.79 Å². The van der Waals surface area contributed by atoms with Gasteiger partial charge in [-0.15, -0.1) is 0 Å². The lowest BCUT2D eigenvalue weighted by molar-refractivity contribution is 0.102. The number of pyridine rings is 1. The van der Waals surface area contributed by atoms with Gasteiger partial charge in [-0.2, -0.15) is 0 Å². The van der Waals surface area contributed by atoms with Gasteiger partial charge in [-0.05, 0) is 42.3 Å². The van der Waals surface area contributed by atoms with Crippen LogP contribution in [-0.2, 0) is 6.42 Å². The number of aryl methyl sites for hydroxylation is 1. The van der Waals surface area contributed by atoms with Crippen LogP contribution in [0.15, 0.2) is 60.8 Å². The van der Waals surface area contributed by atoms with E-state index in [1.54, 1.807) is 6.07 Å². The van der Waals surface area contributed by atoms with E-state index in [1.807, 2.05) is 24.3 Å². The van der Waals surface area contributed by atoms with E-state index in [0.29, 0.717) is 5.82 Å². The van der Waals surface area contributed by atoms with Gasteiger partial charge in [0.2, 0.25) is 0 Å². The van der Waals surface area contributed by atoms with Crippen LogP contribution in [0.1, 0.15) is 22.8 Å². The molecule has 0 radical (unpaired) electrons. The van der Waals surface area contributed by atoms with E-state index in [0.717, 1.165) is 29.8 Å². The summed E-state index contributed by atoms with van der Waals surface area (Å²) >= 11 is 0. The average molecular weight is 353 g/mol. The van der Waals surface area contributed by atoms with E-state index in [-0.39, 0.29) is 5.56 Å². The Bertz CT molecular complexity index is 906. The molecule has 0 atom stereocenters. The third kappa shape index (κ3) is 3.85. The van der Waals surface area contributed by atoms with Gasteiger partial charge in [0.1, 0.15) is 23.1 Å². The lowest BCUT2D eigenvalue weighted by Gasteiger charge is -2.11. The summed E-state index contributed by atoms with van der Waals surface area (Å²) in [4.78, 5) is 16.4. The maximum absolute atomic E-state index is 13.6. The van der Waals surface area contributed by atoms with Crippen LogP contribution in [0.3, 0.4) is 0 Å². The van der Waals surface area contributed by atoms with Crippen LogP contribution >= 0.6 is 0 Å². The Hall–Kier alpha value is -3.28. The number of hydrogen-bond acceptors (Lipinski definition) is 3. The minimum atomic E-state index is -0.833. The van der Waals surface area contributed by atoms with Crippen LogP contribution in [0.2, 0.25) is 0 Å². The van der Waals surface area contributed by atoms with Crippen molar-refractivity contribution in [1.29, 1.82) is 0 Å². The summed E-state index contributed by atoms with van der Waals surface area (Å²) < 4.78 is 27.2. The highest BCUT2D eigenvalue weighted by molar-refractivity contribution is 6.04. The fraction of sp³-hybridized carbons (Fsp3) is 0.100. The lowest BCUT2D eigenvalue weighted by Crippen LogP contribution is -2.14. The summed E-state index contributed by atoms with van der Waals surface area (Å²) in [5, 5.41) is 5.43. The lowest BCUT2D eigenvalue weighted by atomic mass is 10.1. The number of anilines is 3. The minimum absolute atomic E-state index is 0.196. The smallest absolute Gasteiger partial charge is 0.257 e. The molecule has 1 heterocycles. The monoisotopic (exact) mass is 353 g/mol. The first-order valence-corrected chi connectivity index (χ1v) is 8.15. The van der Waals surface area contributed by atoms with Gasteiger partial charge in [-0.25, -0.2) is 13.8 Å². The molecule has 6 heteroatoms. The van der Waals surface area contributed by atoms with Crippen LogP contribution in [0, 0.1) is 11.6 Å². The number of aromatic nitrogens is 1. The molecule has 2 aromatic carbocycles. The number of nitrogens with one attached hydrogen (secondary N) is 2. The van der Waals surface area contributed by atoms with Crippen molar-refractivity contribution in [2.45, 2.75) is 13.3 Å². The van der Waals surface area contributed by atoms with Crippen molar-refractivity contribution >= 4 is 23.1 Å². The molecular weight excluding hydrogens is 336 g/mol. The molecule has 4 nitrogen and oxygen atoms in total. The van der Waals surface area contributed by atoms with E-state index in [1.165, 1.54) is 18.3 Å². The largest absolute Gasteiger partial charge is 0.340 e. The van der Waals surface area contributed by atoms with Gasteiger partial charge < -0.3 is 10.6 Å². The Morgan fingerprint density at radius 2 is 1.73 bits per heavy atom. The van der Waals surface area contributed by atoms with Crippen LogP contribution in [0.25, 0.3) is 0 Å². The summed E-state index contributed by atoms with van der Waals surface area (Å²) in [7, 11) is 0. The number of carbonyl (C=O) groups excluding carboxylic acids is 1. The highest BCUT2D eigenvalue weighted by Crippen LogP contribution is 2.21. The number of para-hydroxylation sites is 2. The summed E-state index contributed by atoms with van der Waals surface area (Å²) in [6, 6.07) is 14.4. The van der Waals surface area contributed by atoms with Crippen molar-refractivity contribution in [1.82, 2.24) is 4.98 Å². The first kappa shape index (κ1) is 17.5. The number of nitrogens with zero attached hydrogens (tertiary/aromatic N) is 1. The molecule has 3 rings (SSSR count). The molecule has 1 amide bonds. The molecule has 0 bridgehead atoms. The van der Waals surface area contributed by atoms with E-state index < -0.39 is 23.2 Å². The third-order valence-corrected chi connectivity index (χ3v) is 3.89. The second-order valence-corrected chi connectivity index (χ2v) is 5.62. The fourth-order valence-electron chi connectivity index (χ4n) is 2.49. The topological polar surface area (TPSA) is 54.0 Å². The zero-order valence-electron chi connectivity index (χ0n) is 14.1. The van der Waals surface area contributed by atoms with Gasteiger partial charge in [-0.1, -0.05) is 31.2 Å². The molecule has 0 unspecified atom stereocenters. The normalized spacial score (nSPS) is 10.4. The fourth-order valence-corrected chi connectivity index (χ4v) is 2.49. The SMILES string of the molecule is CCc1ccccc1Nc1ccc(C(=O)Nc2c(F)cccc2F)cn1. The Morgan fingerprint density at radius 1 is 1.00 bits per heavy atom. The number of benzene rings is 2. The van der Waals surface area contributed by atoms with Gasteiger partial charge >= 0.3 is 0 Å². The van der Waals surface area contributed by atoms with E-state index in [9.17, 15) is 13.6 Å². The molecule has 0 aliphatic heterocycles.